The fourth-order valence-corrected chi connectivity index (χ4v) is 4.86. The second-order valence-electron chi connectivity index (χ2n) is 6.98. The highest BCUT2D eigenvalue weighted by molar-refractivity contribution is 7.89. The molecule has 3 rings (SSSR count). The van der Waals surface area contributed by atoms with Gasteiger partial charge in [0.15, 0.2) is 0 Å². The Morgan fingerprint density at radius 3 is 2.67 bits per heavy atom. The number of hydrogen-bond donors (Lipinski definition) is 1. The van der Waals surface area contributed by atoms with Crippen LogP contribution in [0.15, 0.2) is 23.1 Å². The highest BCUT2D eigenvalue weighted by Crippen LogP contribution is 2.32. The van der Waals surface area contributed by atoms with Gasteiger partial charge in [0.05, 0.1) is 6.61 Å². The van der Waals surface area contributed by atoms with Crippen molar-refractivity contribution in [1.82, 2.24) is 4.72 Å². The third kappa shape index (κ3) is 4.23. The van der Waals surface area contributed by atoms with Crippen LogP contribution in [0.5, 0.6) is 5.75 Å². The van der Waals surface area contributed by atoms with Crippen molar-refractivity contribution in [2.75, 3.05) is 19.8 Å². The first-order chi connectivity index (χ1) is 11.4. The molecule has 1 aromatic carbocycles. The first-order valence-electron chi connectivity index (χ1n) is 8.42. The minimum absolute atomic E-state index is 0.113. The molecule has 1 aliphatic heterocycles. The van der Waals surface area contributed by atoms with E-state index in [1.54, 1.807) is 12.1 Å². The van der Waals surface area contributed by atoms with Gasteiger partial charge in [0.25, 0.3) is 0 Å². The molecule has 2 fully saturated rings. The van der Waals surface area contributed by atoms with Crippen molar-refractivity contribution in [3.63, 3.8) is 0 Å². The molecule has 0 atom stereocenters. The third-order valence-corrected chi connectivity index (χ3v) is 6.77. The van der Waals surface area contributed by atoms with Crippen LogP contribution in [0.1, 0.15) is 39.0 Å². The monoisotopic (exact) mass is 373 g/mol. The van der Waals surface area contributed by atoms with E-state index in [4.69, 9.17) is 21.1 Å². The molecular weight excluding hydrogens is 350 g/mol. The lowest BCUT2D eigenvalue weighted by Crippen LogP contribution is -2.49. The zero-order valence-corrected chi connectivity index (χ0v) is 15.5. The molecule has 24 heavy (non-hydrogen) atoms. The summed E-state index contributed by atoms with van der Waals surface area (Å²) in [6.07, 6.45) is 4.80. The summed E-state index contributed by atoms with van der Waals surface area (Å²) in [5.74, 6) is 0.895. The maximum Gasteiger partial charge on any atom is 0.244 e. The van der Waals surface area contributed by atoms with E-state index < -0.39 is 15.6 Å². The van der Waals surface area contributed by atoms with Crippen molar-refractivity contribution in [3.8, 4) is 5.75 Å². The molecule has 1 saturated heterocycles. The Balaban J connectivity index is 1.80. The van der Waals surface area contributed by atoms with Gasteiger partial charge < -0.3 is 9.47 Å². The van der Waals surface area contributed by atoms with Crippen LogP contribution < -0.4 is 9.46 Å². The predicted molar refractivity (Wildman–Crippen MR) is 93.1 cm³/mol. The molecule has 2 aliphatic rings. The molecular formula is C17H24ClNO4S. The molecule has 0 radical (unpaired) electrons. The van der Waals surface area contributed by atoms with E-state index >= 15 is 0 Å². The van der Waals surface area contributed by atoms with Gasteiger partial charge in [-0.3, -0.25) is 0 Å². The number of rotatable bonds is 6. The van der Waals surface area contributed by atoms with Gasteiger partial charge >= 0.3 is 0 Å². The quantitative estimate of drug-likeness (QED) is 0.830. The fourth-order valence-electron chi connectivity index (χ4n) is 2.98. The maximum atomic E-state index is 12.9. The number of nitrogens with one attached hydrogen (secondary N) is 1. The summed E-state index contributed by atoms with van der Waals surface area (Å²) in [5.41, 5.74) is -0.509. The molecule has 5 nitrogen and oxygen atoms in total. The number of ether oxygens (including phenoxy) is 2. The molecule has 0 bridgehead atoms. The van der Waals surface area contributed by atoms with Crippen LogP contribution in [0.25, 0.3) is 0 Å². The SMILES string of the molecule is CC1(NS(=O)(=O)c2cc(Cl)ccc2OCC2CCC2)CCOCC1. The number of halogens is 1. The van der Waals surface area contributed by atoms with Gasteiger partial charge in [-0.2, -0.15) is 0 Å². The van der Waals surface area contributed by atoms with Crippen molar-refractivity contribution in [1.29, 1.82) is 0 Å². The standard InChI is InChI=1S/C17H24ClNO4S/c1-17(7-9-22-10-8-17)19-24(20,21)16-11-14(18)5-6-15(16)23-12-13-3-2-4-13/h5-6,11,13,19H,2-4,7-10,12H2,1H3. The lowest BCUT2D eigenvalue weighted by atomic mass is 9.86. The lowest BCUT2D eigenvalue weighted by molar-refractivity contribution is 0.0537. The van der Waals surface area contributed by atoms with Crippen LogP contribution in [0.2, 0.25) is 5.02 Å². The van der Waals surface area contributed by atoms with Crippen molar-refractivity contribution < 1.29 is 17.9 Å². The van der Waals surface area contributed by atoms with Crippen molar-refractivity contribution >= 4 is 21.6 Å². The molecule has 1 aromatic rings. The van der Waals surface area contributed by atoms with Crippen molar-refractivity contribution in [2.24, 2.45) is 5.92 Å². The van der Waals surface area contributed by atoms with Crippen molar-refractivity contribution in [3.05, 3.63) is 23.2 Å². The maximum absolute atomic E-state index is 12.9. The van der Waals surface area contributed by atoms with E-state index in [2.05, 4.69) is 4.72 Å². The second kappa shape index (κ2) is 7.20. The van der Waals surface area contributed by atoms with Gasteiger partial charge in [-0.1, -0.05) is 18.0 Å². The molecule has 1 aliphatic carbocycles. The first-order valence-corrected chi connectivity index (χ1v) is 10.3. The van der Waals surface area contributed by atoms with E-state index in [1.807, 2.05) is 6.92 Å². The minimum atomic E-state index is -3.72. The highest BCUT2D eigenvalue weighted by atomic mass is 35.5. The molecule has 0 spiro atoms. The number of hydrogen-bond acceptors (Lipinski definition) is 4. The molecule has 0 aromatic heterocycles. The Morgan fingerprint density at radius 1 is 1.33 bits per heavy atom. The summed E-state index contributed by atoms with van der Waals surface area (Å²) in [5, 5.41) is 0.378. The van der Waals surface area contributed by atoms with Gasteiger partial charge in [0.1, 0.15) is 10.6 Å². The Bertz CT molecular complexity index is 682. The van der Waals surface area contributed by atoms with E-state index in [0.29, 0.717) is 49.4 Å². The van der Waals surface area contributed by atoms with Crippen molar-refractivity contribution in [2.45, 2.75) is 49.5 Å². The molecule has 0 amide bonds. The van der Waals surface area contributed by atoms with E-state index in [9.17, 15) is 8.42 Å². The smallest absolute Gasteiger partial charge is 0.244 e. The molecule has 1 N–H and O–H groups in total. The Morgan fingerprint density at radius 2 is 2.04 bits per heavy atom. The predicted octanol–water partition coefficient (Wildman–Crippen LogP) is 3.37. The summed E-state index contributed by atoms with van der Waals surface area (Å²) in [7, 11) is -3.72. The van der Waals surface area contributed by atoms with Crippen LogP contribution in [0.4, 0.5) is 0 Å². The summed E-state index contributed by atoms with van der Waals surface area (Å²) in [6, 6.07) is 4.76. The zero-order valence-electron chi connectivity index (χ0n) is 13.9. The van der Waals surface area contributed by atoms with Crippen LogP contribution >= 0.6 is 11.6 Å². The average Bonchev–Trinajstić information content (AvgIpc) is 2.46. The Labute approximate surface area is 148 Å². The van der Waals surface area contributed by atoms with Crippen LogP contribution in [0, 0.1) is 5.92 Å². The van der Waals surface area contributed by atoms with Crippen LogP contribution in [0.3, 0.4) is 0 Å². The Hall–Kier alpha value is -0.820. The molecule has 7 heteroatoms. The molecule has 1 saturated carbocycles. The van der Waals surface area contributed by atoms with Gasteiger partial charge in [-0.05, 0) is 56.7 Å². The zero-order chi connectivity index (χ0) is 17.2. The summed E-state index contributed by atoms with van der Waals surface area (Å²) >= 11 is 6.03. The van der Waals surface area contributed by atoms with E-state index in [0.717, 1.165) is 12.8 Å². The number of benzene rings is 1. The van der Waals surface area contributed by atoms with Gasteiger partial charge in [-0.15, -0.1) is 0 Å². The minimum Gasteiger partial charge on any atom is -0.492 e. The normalized spacial score (nSPS) is 21.2. The topological polar surface area (TPSA) is 64.6 Å². The van der Waals surface area contributed by atoms with E-state index in [-0.39, 0.29) is 4.90 Å². The van der Waals surface area contributed by atoms with Gasteiger partial charge in [-0.25, -0.2) is 13.1 Å². The van der Waals surface area contributed by atoms with Gasteiger partial charge in [0.2, 0.25) is 10.0 Å². The number of sulfonamides is 1. The summed E-state index contributed by atoms with van der Waals surface area (Å²) < 4.78 is 39.8. The fraction of sp³-hybridized carbons (Fsp3) is 0.647. The molecule has 134 valence electrons. The molecule has 0 unspecified atom stereocenters. The van der Waals surface area contributed by atoms with Crippen LogP contribution in [-0.4, -0.2) is 33.8 Å². The highest BCUT2D eigenvalue weighted by Gasteiger charge is 2.34. The van der Waals surface area contributed by atoms with Gasteiger partial charge in [0, 0.05) is 23.8 Å². The second-order valence-corrected chi connectivity index (χ2v) is 9.06. The third-order valence-electron chi connectivity index (χ3n) is 4.87. The largest absolute Gasteiger partial charge is 0.492 e. The van der Waals surface area contributed by atoms with Crippen LogP contribution in [-0.2, 0) is 14.8 Å². The molecule has 1 heterocycles. The lowest BCUT2D eigenvalue weighted by Gasteiger charge is -2.34. The summed E-state index contributed by atoms with van der Waals surface area (Å²) in [4.78, 5) is 0.113. The average molecular weight is 374 g/mol. The summed E-state index contributed by atoms with van der Waals surface area (Å²) in [6.45, 7) is 3.57. The van der Waals surface area contributed by atoms with E-state index in [1.165, 1.54) is 12.5 Å². The first kappa shape index (κ1) is 18.0. The Kier molecular flexibility index (Phi) is 5.39.